The number of carbonyl (C=O) groups excluding carboxylic acids is 1. The van der Waals surface area contributed by atoms with Gasteiger partial charge in [0.15, 0.2) is 0 Å². The molecule has 2 rings (SSSR count). The van der Waals surface area contributed by atoms with Crippen LogP contribution >= 0.6 is 11.6 Å². The molecule has 3 nitrogen and oxygen atoms in total. The highest BCUT2D eigenvalue weighted by Gasteiger charge is 2.23. The Morgan fingerprint density at radius 3 is 2.78 bits per heavy atom. The number of hydrogen-bond acceptors (Lipinski definition) is 2. The van der Waals surface area contributed by atoms with Crippen molar-refractivity contribution in [2.45, 2.75) is 25.8 Å². The molecular formula is C13H16ClFN2O. The second-order valence-corrected chi connectivity index (χ2v) is 4.93. The number of halogens is 2. The van der Waals surface area contributed by atoms with Crippen LogP contribution in [-0.4, -0.2) is 29.9 Å². The Bertz CT molecular complexity index is 447. The molecule has 0 aliphatic carbocycles. The lowest BCUT2D eigenvalue weighted by molar-refractivity contribution is -0.130. The van der Waals surface area contributed by atoms with Crippen LogP contribution in [0, 0.1) is 5.82 Å². The molecule has 1 aromatic carbocycles. The van der Waals surface area contributed by atoms with Gasteiger partial charge in [0.2, 0.25) is 5.91 Å². The first-order valence-electron chi connectivity index (χ1n) is 6.08. The first-order chi connectivity index (χ1) is 8.58. The van der Waals surface area contributed by atoms with Crippen LogP contribution in [0.5, 0.6) is 0 Å². The molecule has 1 amide bonds. The maximum absolute atomic E-state index is 13.1. The van der Waals surface area contributed by atoms with Crippen LogP contribution in [0.15, 0.2) is 18.2 Å². The summed E-state index contributed by atoms with van der Waals surface area (Å²) in [6.07, 6.45) is 2.11. The summed E-state index contributed by atoms with van der Waals surface area (Å²) in [5, 5.41) is 3.38. The standard InChI is InChI=1S/C13H16ClFN2O/c1-9(13(18)17-6-2-3-7-17)16-12-8-10(15)4-5-11(12)14/h4-5,8-9,16H,2-3,6-7H2,1H3. The van der Waals surface area contributed by atoms with Crippen molar-refractivity contribution >= 4 is 23.2 Å². The third-order valence-electron chi connectivity index (χ3n) is 3.09. The van der Waals surface area contributed by atoms with Crippen LogP contribution in [0.25, 0.3) is 0 Å². The van der Waals surface area contributed by atoms with Crippen LogP contribution in [0.2, 0.25) is 5.02 Å². The Balaban J connectivity index is 2.03. The second-order valence-electron chi connectivity index (χ2n) is 4.52. The molecule has 1 saturated heterocycles. The fourth-order valence-electron chi connectivity index (χ4n) is 2.11. The predicted octanol–water partition coefficient (Wildman–Crippen LogP) is 2.90. The molecule has 1 unspecified atom stereocenters. The molecule has 1 heterocycles. The van der Waals surface area contributed by atoms with E-state index in [1.54, 1.807) is 6.92 Å². The quantitative estimate of drug-likeness (QED) is 0.916. The highest BCUT2D eigenvalue weighted by Crippen LogP contribution is 2.23. The van der Waals surface area contributed by atoms with Crippen LogP contribution < -0.4 is 5.32 Å². The lowest BCUT2D eigenvalue weighted by Crippen LogP contribution is -2.39. The van der Waals surface area contributed by atoms with Gasteiger partial charge < -0.3 is 10.2 Å². The Kier molecular flexibility index (Phi) is 4.07. The van der Waals surface area contributed by atoms with Crippen molar-refractivity contribution in [1.29, 1.82) is 0 Å². The van der Waals surface area contributed by atoms with Gasteiger partial charge in [-0.05, 0) is 38.0 Å². The van der Waals surface area contributed by atoms with Gasteiger partial charge in [-0.25, -0.2) is 4.39 Å². The lowest BCUT2D eigenvalue weighted by Gasteiger charge is -2.22. The maximum atomic E-state index is 13.1. The van der Waals surface area contributed by atoms with Gasteiger partial charge in [0.05, 0.1) is 10.7 Å². The van der Waals surface area contributed by atoms with Crippen molar-refractivity contribution in [3.63, 3.8) is 0 Å². The van der Waals surface area contributed by atoms with E-state index in [0.29, 0.717) is 10.7 Å². The number of rotatable bonds is 3. The molecule has 1 fully saturated rings. The third-order valence-corrected chi connectivity index (χ3v) is 3.42. The van der Waals surface area contributed by atoms with E-state index in [1.165, 1.54) is 18.2 Å². The van der Waals surface area contributed by atoms with E-state index >= 15 is 0 Å². The van der Waals surface area contributed by atoms with Gasteiger partial charge >= 0.3 is 0 Å². The molecule has 0 radical (unpaired) electrons. The average molecular weight is 271 g/mol. The number of amides is 1. The molecule has 1 N–H and O–H groups in total. The molecule has 0 bridgehead atoms. The normalized spacial score (nSPS) is 16.7. The van der Waals surface area contributed by atoms with Crippen molar-refractivity contribution in [2.24, 2.45) is 0 Å². The second kappa shape index (κ2) is 5.57. The van der Waals surface area contributed by atoms with Crippen molar-refractivity contribution < 1.29 is 9.18 Å². The van der Waals surface area contributed by atoms with Crippen LogP contribution in [-0.2, 0) is 4.79 Å². The van der Waals surface area contributed by atoms with Gasteiger partial charge in [-0.15, -0.1) is 0 Å². The first-order valence-corrected chi connectivity index (χ1v) is 6.46. The third kappa shape index (κ3) is 2.93. The lowest BCUT2D eigenvalue weighted by atomic mass is 10.2. The predicted molar refractivity (Wildman–Crippen MR) is 70.3 cm³/mol. The van der Waals surface area contributed by atoms with Gasteiger partial charge in [-0.1, -0.05) is 11.6 Å². The van der Waals surface area contributed by atoms with Gasteiger partial charge in [0.25, 0.3) is 0 Å². The Labute approximate surface area is 111 Å². The summed E-state index contributed by atoms with van der Waals surface area (Å²) in [5.41, 5.74) is 0.455. The molecule has 0 aromatic heterocycles. The minimum atomic E-state index is -0.401. The number of benzene rings is 1. The van der Waals surface area contributed by atoms with Crippen molar-refractivity contribution in [3.8, 4) is 0 Å². The number of likely N-dealkylation sites (tertiary alicyclic amines) is 1. The molecule has 0 spiro atoms. The number of carbonyl (C=O) groups is 1. The minimum Gasteiger partial charge on any atom is -0.373 e. The summed E-state index contributed by atoms with van der Waals surface area (Å²) >= 11 is 5.95. The number of anilines is 1. The van der Waals surface area contributed by atoms with Crippen molar-refractivity contribution in [1.82, 2.24) is 4.90 Å². The summed E-state index contributed by atoms with van der Waals surface area (Å²) in [4.78, 5) is 13.9. The molecule has 0 saturated carbocycles. The van der Waals surface area contributed by atoms with Crippen molar-refractivity contribution in [2.75, 3.05) is 18.4 Å². The van der Waals surface area contributed by atoms with Crippen molar-refractivity contribution in [3.05, 3.63) is 29.0 Å². The Morgan fingerprint density at radius 2 is 2.11 bits per heavy atom. The average Bonchev–Trinajstić information content (AvgIpc) is 2.86. The number of nitrogens with one attached hydrogen (secondary N) is 1. The molecule has 1 aliphatic rings. The van der Waals surface area contributed by atoms with Crippen LogP contribution in [0.4, 0.5) is 10.1 Å². The van der Waals surface area contributed by atoms with Crippen LogP contribution in [0.3, 0.4) is 0 Å². The number of hydrogen-bond donors (Lipinski definition) is 1. The molecule has 5 heteroatoms. The van der Waals surface area contributed by atoms with E-state index in [4.69, 9.17) is 11.6 Å². The molecule has 98 valence electrons. The van der Waals surface area contributed by atoms with E-state index in [0.717, 1.165) is 25.9 Å². The number of nitrogens with zero attached hydrogens (tertiary/aromatic N) is 1. The summed E-state index contributed by atoms with van der Waals surface area (Å²) < 4.78 is 13.1. The first kappa shape index (κ1) is 13.1. The summed E-state index contributed by atoms with van der Waals surface area (Å²) in [6.45, 7) is 3.38. The molecule has 1 atom stereocenters. The fourth-order valence-corrected chi connectivity index (χ4v) is 2.29. The maximum Gasteiger partial charge on any atom is 0.244 e. The monoisotopic (exact) mass is 270 g/mol. The highest BCUT2D eigenvalue weighted by molar-refractivity contribution is 6.33. The van der Waals surface area contributed by atoms with Gasteiger partial charge in [0, 0.05) is 13.1 Å². The Morgan fingerprint density at radius 1 is 1.44 bits per heavy atom. The SMILES string of the molecule is CC(Nc1cc(F)ccc1Cl)C(=O)N1CCCC1. The topological polar surface area (TPSA) is 32.3 Å². The summed E-state index contributed by atoms with van der Waals surface area (Å²) in [6, 6.07) is 3.67. The van der Waals surface area contributed by atoms with E-state index in [9.17, 15) is 9.18 Å². The van der Waals surface area contributed by atoms with Gasteiger partial charge in [-0.3, -0.25) is 4.79 Å². The molecular weight excluding hydrogens is 255 g/mol. The van der Waals surface area contributed by atoms with E-state index in [-0.39, 0.29) is 11.7 Å². The molecule has 1 aromatic rings. The zero-order valence-corrected chi connectivity index (χ0v) is 11.0. The fraction of sp³-hybridized carbons (Fsp3) is 0.462. The minimum absolute atomic E-state index is 0.0350. The summed E-state index contributed by atoms with van der Waals surface area (Å²) in [7, 11) is 0. The smallest absolute Gasteiger partial charge is 0.244 e. The van der Waals surface area contributed by atoms with E-state index in [1.807, 2.05) is 4.90 Å². The Hall–Kier alpha value is -1.29. The largest absolute Gasteiger partial charge is 0.373 e. The van der Waals surface area contributed by atoms with Gasteiger partial charge in [0.1, 0.15) is 11.9 Å². The zero-order valence-electron chi connectivity index (χ0n) is 10.2. The highest BCUT2D eigenvalue weighted by atomic mass is 35.5. The van der Waals surface area contributed by atoms with Gasteiger partial charge in [-0.2, -0.15) is 0 Å². The van der Waals surface area contributed by atoms with Crippen LogP contribution in [0.1, 0.15) is 19.8 Å². The summed E-state index contributed by atoms with van der Waals surface area (Å²) in [5.74, 6) is -0.337. The van der Waals surface area contributed by atoms with E-state index < -0.39 is 6.04 Å². The molecule has 18 heavy (non-hydrogen) atoms. The zero-order chi connectivity index (χ0) is 13.1. The molecule has 1 aliphatic heterocycles. The van der Waals surface area contributed by atoms with E-state index in [2.05, 4.69) is 5.32 Å².